The van der Waals surface area contributed by atoms with E-state index < -0.39 is 0 Å². The van der Waals surface area contributed by atoms with E-state index in [4.69, 9.17) is 27.9 Å². The van der Waals surface area contributed by atoms with E-state index in [2.05, 4.69) is 20.9 Å². The van der Waals surface area contributed by atoms with Crippen LogP contribution in [0.2, 0.25) is 10.0 Å². The van der Waals surface area contributed by atoms with Gasteiger partial charge < -0.3 is 14.9 Å². The van der Waals surface area contributed by atoms with Gasteiger partial charge in [0.05, 0.1) is 27.3 Å². The molecule has 0 spiro atoms. The van der Waals surface area contributed by atoms with E-state index in [9.17, 15) is 10.2 Å². The topological polar surface area (TPSA) is 62.6 Å². The predicted octanol–water partition coefficient (Wildman–Crippen LogP) is 5.89. The van der Waals surface area contributed by atoms with Gasteiger partial charge in [0.2, 0.25) is 0 Å². The number of nitrogens with zero attached hydrogens (tertiary/aromatic N) is 1. The fraction of sp³-hybridized carbons (Fsp3) is 0.0556. The second-order valence-corrected chi connectivity index (χ2v) is 6.88. The summed E-state index contributed by atoms with van der Waals surface area (Å²) in [6, 6.07) is 8.49. The van der Waals surface area contributed by atoms with Crippen molar-refractivity contribution in [2.24, 2.45) is 0 Å². The van der Waals surface area contributed by atoms with Crippen LogP contribution in [0.1, 0.15) is 11.3 Å². The van der Waals surface area contributed by atoms with Gasteiger partial charge in [0.15, 0.2) is 17.2 Å². The molecular weight excluding hydrogens is 429 g/mol. The van der Waals surface area contributed by atoms with Crippen LogP contribution in [0.15, 0.2) is 34.8 Å². The smallest absolute Gasteiger partial charge is 0.172 e. The Kier molecular flexibility index (Phi) is 5.08. The van der Waals surface area contributed by atoms with Crippen molar-refractivity contribution in [1.82, 2.24) is 4.98 Å². The van der Waals surface area contributed by atoms with Crippen LogP contribution in [-0.2, 0) is 0 Å². The molecule has 1 aromatic heterocycles. The Morgan fingerprint density at radius 3 is 2.52 bits per heavy atom. The van der Waals surface area contributed by atoms with Crippen molar-refractivity contribution in [3.63, 3.8) is 0 Å². The molecule has 3 aromatic rings. The van der Waals surface area contributed by atoms with Crippen molar-refractivity contribution in [2.75, 3.05) is 7.11 Å². The Balaban J connectivity index is 2.02. The molecular formula is C18H12BrCl2NO3. The second kappa shape index (κ2) is 7.12. The number of ether oxygens (including phenoxy) is 1. The third-order valence-electron chi connectivity index (χ3n) is 3.60. The summed E-state index contributed by atoms with van der Waals surface area (Å²) in [7, 11) is 1.48. The standard InChI is InChI=1S/C18H12BrCl2NO3/c1-25-15-7-9(6-12(19)17(15)23)2-3-10-4-5-11-13(20)8-14(21)18(24)16(11)22-10/h2-8,23-24H,1H3/b3-2+. The Hall–Kier alpha value is -1.95. The minimum absolute atomic E-state index is 0.0395. The molecule has 1 heterocycles. The van der Waals surface area contributed by atoms with E-state index in [-0.39, 0.29) is 16.5 Å². The molecule has 0 amide bonds. The molecule has 3 rings (SSSR count). The van der Waals surface area contributed by atoms with E-state index in [1.54, 1.807) is 30.3 Å². The maximum absolute atomic E-state index is 10.1. The van der Waals surface area contributed by atoms with Gasteiger partial charge in [-0.25, -0.2) is 4.98 Å². The molecule has 25 heavy (non-hydrogen) atoms. The number of pyridine rings is 1. The first kappa shape index (κ1) is 17.9. The maximum Gasteiger partial charge on any atom is 0.172 e. The molecule has 0 radical (unpaired) electrons. The van der Waals surface area contributed by atoms with Crippen molar-refractivity contribution in [3.8, 4) is 17.2 Å². The van der Waals surface area contributed by atoms with Gasteiger partial charge in [0.1, 0.15) is 5.52 Å². The molecule has 0 aliphatic heterocycles. The lowest BCUT2D eigenvalue weighted by atomic mass is 10.1. The molecule has 0 bridgehead atoms. The van der Waals surface area contributed by atoms with Gasteiger partial charge in [0, 0.05) is 5.39 Å². The third kappa shape index (κ3) is 3.54. The minimum atomic E-state index is -0.106. The lowest BCUT2D eigenvalue weighted by Crippen LogP contribution is -1.87. The molecule has 128 valence electrons. The van der Waals surface area contributed by atoms with Crippen LogP contribution in [0, 0.1) is 0 Å². The predicted molar refractivity (Wildman–Crippen MR) is 105 cm³/mol. The number of benzene rings is 2. The van der Waals surface area contributed by atoms with E-state index in [1.165, 1.54) is 13.2 Å². The maximum atomic E-state index is 10.1. The molecule has 0 aliphatic carbocycles. The normalized spacial score (nSPS) is 11.4. The fourth-order valence-electron chi connectivity index (χ4n) is 2.34. The largest absolute Gasteiger partial charge is 0.504 e. The molecule has 0 saturated heterocycles. The van der Waals surface area contributed by atoms with E-state index in [0.717, 1.165) is 5.56 Å². The van der Waals surface area contributed by atoms with Crippen molar-refractivity contribution in [3.05, 3.63) is 56.1 Å². The van der Waals surface area contributed by atoms with E-state index in [0.29, 0.717) is 31.8 Å². The summed E-state index contributed by atoms with van der Waals surface area (Å²) in [4.78, 5) is 4.40. The van der Waals surface area contributed by atoms with Crippen LogP contribution < -0.4 is 4.74 Å². The number of hydrogen-bond acceptors (Lipinski definition) is 4. The van der Waals surface area contributed by atoms with Gasteiger partial charge in [-0.3, -0.25) is 0 Å². The van der Waals surface area contributed by atoms with Crippen LogP contribution in [0.4, 0.5) is 0 Å². The molecule has 0 atom stereocenters. The Morgan fingerprint density at radius 1 is 1.04 bits per heavy atom. The summed E-state index contributed by atoms with van der Waals surface area (Å²) in [5, 5.41) is 21.1. The summed E-state index contributed by atoms with van der Waals surface area (Å²) in [6.07, 6.45) is 3.58. The highest BCUT2D eigenvalue weighted by atomic mass is 79.9. The van der Waals surface area contributed by atoms with Gasteiger partial charge >= 0.3 is 0 Å². The fourth-order valence-corrected chi connectivity index (χ4v) is 3.31. The number of aromatic nitrogens is 1. The molecule has 2 aromatic carbocycles. The van der Waals surface area contributed by atoms with Crippen molar-refractivity contribution in [1.29, 1.82) is 0 Å². The van der Waals surface area contributed by atoms with Crippen LogP contribution in [0.5, 0.6) is 17.2 Å². The van der Waals surface area contributed by atoms with E-state index in [1.807, 2.05) is 6.08 Å². The first-order chi connectivity index (χ1) is 11.9. The number of methoxy groups -OCH3 is 1. The molecule has 0 unspecified atom stereocenters. The number of rotatable bonds is 3. The molecule has 2 N–H and O–H groups in total. The van der Waals surface area contributed by atoms with Crippen molar-refractivity contribution < 1.29 is 14.9 Å². The van der Waals surface area contributed by atoms with Crippen LogP contribution in [0.25, 0.3) is 23.1 Å². The number of aromatic hydroxyl groups is 2. The lowest BCUT2D eigenvalue weighted by molar-refractivity contribution is 0.372. The van der Waals surface area contributed by atoms with Gasteiger partial charge in [0.25, 0.3) is 0 Å². The van der Waals surface area contributed by atoms with Gasteiger partial charge in [-0.05, 0) is 57.9 Å². The third-order valence-corrected chi connectivity index (χ3v) is 4.80. The summed E-state index contributed by atoms with van der Waals surface area (Å²) in [6.45, 7) is 0. The Morgan fingerprint density at radius 2 is 1.80 bits per heavy atom. The summed E-state index contributed by atoms with van der Waals surface area (Å²) in [5.74, 6) is 0.291. The lowest BCUT2D eigenvalue weighted by Gasteiger charge is -2.07. The number of halogens is 3. The van der Waals surface area contributed by atoms with Gasteiger partial charge in [-0.1, -0.05) is 29.3 Å². The van der Waals surface area contributed by atoms with Gasteiger partial charge in [-0.2, -0.15) is 0 Å². The monoisotopic (exact) mass is 439 g/mol. The van der Waals surface area contributed by atoms with Crippen molar-refractivity contribution >= 4 is 62.2 Å². The highest BCUT2D eigenvalue weighted by Gasteiger charge is 2.11. The Labute approximate surface area is 162 Å². The van der Waals surface area contributed by atoms with Crippen LogP contribution in [-0.4, -0.2) is 22.3 Å². The van der Waals surface area contributed by atoms with Gasteiger partial charge in [-0.15, -0.1) is 0 Å². The zero-order valence-electron chi connectivity index (χ0n) is 12.9. The Bertz CT molecular complexity index is 1010. The second-order valence-electron chi connectivity index (χ2n) is 5.21. The molecule has 4 nitrogen and oxygen atoms in total. The summed E-state index contributed by atoms with van der Waals surface area (Å²) in [5.41, 5.74) is 1.75. The summed E-state index contributed by atoms with van der Waals surface area (Å²) < 4.78 is 5.65. The zero-order valence-corrected chi connectivity index (χ0v) is 16.0. The molecule has 0 aliphatic rings. The van der Waals surface area contributed by atoms with E-state index >= 15 is 0 Å². The summed E-state index contributed by atoms with van der Waals surface area (Å²) >= 11 is 15.4. The average Bonchev–Trinajstić information content (AvgIpc) is 2.60. The number of phenolic OH excluding ortho intramolecular Hbond substituents is 2. The number of fused-ring (bicyclic) bond motifs is 1. The first-order valence-corrected chi connectivity index (χ1v) is 8.68. The number of phenols is 2. The first-order valence-electron chi connectivity index (χ1n) is 7.13. The number of hydrogen-bond donors (Lipinski definition) is 2. The van der Waals surface area contributed by atoms with Crippen LogP contribution in [0.3, 0.4) is 0 Å². The average molecular weight is 441 g/mol. The van der Waals surface area contributed by atoms with Crippen LogP contribution >= 0.6 is 39.1 Å². The molecule has 7 heteroatoms. The molecule has 0 fully saturated rings. The van der Waals surface area contributed by atoms with Crippen molar-refractivity contribution in [2.45, 2.75) is 0 Å². The quantitative estimate of drug-likeness (QED) is 0.532. The molecule has 0 saturated carbocycles. The SMILES string of the molecule is COc1cc(/C=C/c2ccc3c(Cl)cc(Cl)c(O)c3n2)cc(Br)c1O. The highest BCUT2D eigenvalue weighted by molar-refractivity contribution is 9.10. The zero-order chi connectivity index (χ0) is 18.1. The highest BCUT2D eigenvalue weighted by Crippen LogP contribution is 2.37. The minimum Gasteiger partial charge on any atom is -0.504 e.